The number of nitrogens with zero attached hydrogens (tertiary/aromatic N) is 1. The first-order valence-corrected chi connectivity index (χ1v) is 12.3. The average Bonchev–Trinajstić information content (AvgIpc) is 2.83. The third-order valence-corrected chi connectivity index (χ3v) is 6.07. The molecule has 2 aromatic carbocycles. The SMILES string of the molecule is C=CCOc1c(Br)cc(/C=C2\C(=O)NC(=O)N(Cc3ccc(OCCC)c(OC)c3)C2=O)cc1Br. The number of rotatable bonds is 10. The first-order chi connectivity index (χ1) is 16.8. The first-order valence-electron chi connectivity index (χ1n) is 10.7. The molecule has 1 aliphatic rings. The number of imide groups is 2. The number of barbiturate groups is 1. The number of methoxy groups -OCH3 is 1. The predicted molar refractivity (Wildman–Crippen MR) is 138 cm³/mol. The van der Waals surface area contributed by atoms with Gasteiger partial charge in [-0.05, 0) is 79.7 Å². The minimum Gasteiger partial charge on any atom is -0.493 e. The second-order valence-electron chi connectivity index (χ2n) is 7.46. The Morgan fingerprint density at radius 3 is 2.40 bits per heavy atom. The molecular formula is C25H24Br2N2O6. The second-order valence-corrected chi connectivity index (χ2v) is 9.16. The summed E-state index contributed by atoms with van der Waals surface area (Å²) < 4.78 is 17.9. The molecule has 10 heteroatoms. The van der Waals surface area contributed by atoms with E-state index in [4.69, 9.17) is 14.2 Å². The largest absolute Gasteiger partial charge is 0.493 e. The van der Waals surface area contributed by atoms with Crippen LogP contribution in [0.2, 0.25) is 0 Å². The van der Waals surface area contributed by atoms with Gasteiger partial charge in [0.2, 0.25) is 0 Å². The quantitative estimate of drug-likeness (QED) is 0.226. The second kappa shape index (κ2) is 12.0. The minimum atomic E-state index is -0.794. The standard InChI is InChI=1S/C25H24Br2N2O6/c1-4-8-34-20-7-6-15(13-21(20)33-3)14-29-24(31)17(23(30)28-25(29)32)10-16-11-18(26)22(19(27)12-16)35-9-5-2/h5-7,10-13H,2,4,8-9,14H2,1,3H3,(H,28,30,32)/b17-10+. The van der Waals surface area contributed by atoms with Crippen LogP contribution in [0.4, 0.5) is 4.79 Å². The number of amides is 4. The molecule has 1 aliphatic heterocycles. The van der Waals surface area contributed by atoms with E-state index in [1.54, 1.807) is 36.4 Å². The predicted octanol–water partition coefficient (Wildman–Crippen LogP) is 5.24. The molecule has 3 rings (SSSR count). The summed E-state index contributed by atoms with van der Waals surface area (Å²) in [7, 11) is 1.51. The maximum absolute atomic E-state index is 13.2. The minimum absolute atomic E-state index is 0.0541. The van der Waals surface area contributed by atoms with Crippen LogP contribution in [0.15, 0.2) is 57.5 Å². The fourth-order valence-corrected chi connectivity index (χ4v) is 4.72. The molecule has 1 fully saturated rings. The van der Waals surface area contributed by atoms with Gasteiger partial charge in [-0.1, -0.05) is 25.6 Å². The van der Waals surface area contributed by atoms with E-state index >= 15 is 0 Å². The Kier molecular flexibility index (Phi) is 9.11. The number of nitrogens with one attached hydrogen (secondary N) is 1. The molecule has 35 heavy (non-hydrogen) atoms. The van der Waals surface area contributed by atoms with Gasteiger partial charge in [-0.3, -0.25) is 19.8 Å². The molecule has 4 amide bonds. The van der Waals surface area contributed by atoms with Gasteiger partial charge in [0.1, 0.15) is 17.9 Å². The molecule has 0 aromatic heterocycles. The molecule has 1 heterocycles. The van der Waals surface area contributed by atoms with Crippen molar-refractivity contribution >= 4 is 55.8 Å². The third-order valence-electron chi connectivity index (χ3n) is 4.89. The summed E-state index contributed by atoms with van der Waals surface area (Å²) in [6.45, 7) is 6.41. The summed E-state index contributed by atoms with van der Waals surface area (Å²) in [6, 6.07) is 7.78. The molecule has 0 saturated carbocycles. The Balaban J connectivity index is 1.87. The fraction of sp³-hybridized carbons (Fsp3) is 0.240. The summed E-state index contributed by atoms with van der Waals surface area (Å²) in [4.78, 5) is 39.1. The molecule has 0 bridgehead atoms. The number of hydrogen-bond acceptors (Lipinski definition) is 6. The highest BCUT2D eigenvalue weighted by Gasteiger charge is 2.36. The van der Waals surface area contributed by atoms with Crippen molar-refractivity contribution in [3.05, 3.63) is 68.6 Å². The van der Waals surface area contributed by atoms with Gasteiger partial charge in [-0.2, -0.15) is 0 Å². The van der Waals surface area contributed by atoms with Gasteiger partial charge >= 0.3 is 6.03 Å². The zero-order valence-corrected chi connectivity index (χ0v) is 22.4. The van der Waals surface area contributed by atoms with Crippen molar-refractivity contribution < 1.29 is 28.6 Å². The van der Waals surface area contributed by atoms with Crippen LogP contribution in [0.1, 0.15) is 24.5 Å². The number of carbonyl (C=O) groups excluding carboxylic acids is 3. The number of carbonyl (C=O) groups is 3. The van der Waals surface area contributed by atoms with Gasteiger partial charge in [0.15, 0.2) is 11.5 Å². The molecule has 0 atom stereocenters. The molecule has 1 N–H and O–H groups in total. The lowest BCUT2D eigenvalue weighted by molar-refractivity contribution is -0.130. The average molecular weight is 608 g/mol. The summed E-state index contributed by atoms with van der Waals surface area (Å²) in [6.07, 6.45) is 3.88. The Bertz CT molecular complexity index is 1170. The van der Waals surface area contributed by atoms with Crippen molar-refractivity contribution in [3.8, 4) is 17.2 Å². The monoisotopic (exact) mass is 606 g/mol. The molecule has 1 saturated heterocycles. The Labute approximate surface area is 220 Å². The smallest absolute Gasteiger partial charge is 0.331 e. The van der Waals surface area contributed by atoms with Gasteiger partial charge in [-0.25, -0.2) is 4.79 Å². The van der Waals surface area contributed by atoms with Crippen LogP contribution in [0.25, 0.3) is 6.08 Å². The molecule has 184 valence electrons. The highest BCUT2D eigenvalue weighted by molar-refractivity contribution is 9.11. The van der Waals surface area contributed by atoms with Crippen LogP contribution in [-0.4, -0.2) is 43.1 Å². The topological polar surface area (TPSA) is 94.2 Å². The number of ether oxygens (including phenoxy) is 3. The molecule has 0 unspecified atom stereocenters. The van der Waals surface area contributed by atoms with Crippen LogP contribution in [0.5, 0.6) is 17.2 Å². The van der Waals surface area contributed by atoms with Gasteiger partial charge in [0.05, 0.1) is 29.2 Å². The Morgan fingerprint density at radius 2 is 1.77 bits per heavy atom. The van der Waals surface area contributed by atoms with Crippen molar-refractivity contribution in [2.75, 3.05) is 20.3 Å². The van der Waals surface area contributed by atoms with Crippen molar-refractivity contribution in [2.45, 2.75) is 19.9 Å². The number of halogens is 2. The summed E-state index contributed by atoms with van der Waals surface area (Å²) in [5, 5.41) is 2.23. The van der Waals surface area contributed by atoms with Crippen LogP contribution in [0.3, 0.4) is 0 Å². The van der Waals surface area contributed by atoms with E-state index < -0.39 is 17.8 Å². The molecule has 0 aliphatic carbocycles. The van der Waals surface area contributed by atoms with E-state index in [0.717, 1.165) is 11.3 Å². The number of hydrogen-bond donors (Lipinski definition) is 1. The van der Waals surface area contributed by atoms with Gasteiger partial charge < -0.3 is 14.2 Å². The maximum Gasteiger partial charge on any atom is 0.331 e. The highest BCUT2D eigenvalue weighted by atomic mass is 79.9. The van der Waals surface area contributed by atoms with E-state index in [1.807, 2.05) is 6.92 Å². The maximum atomic E-state index is 13.2. The van der Waals surface area contributed by atoms with E-state index in [2.05, 4.69) is 43.8 Å². The van der Waals surface area contributed by atoms with E-state index in [-0.39, 0.29) is 12.1 Å². The van der Waals surface area contributed by atoms with Crippen molar-refractivity contribution in [1.82, 2.24) is 10.2 Å². The van der Waals surface area contributed by atoms with Gasteiger partial charge in [0, 0.05) is 0 Å². The number of benzene rings is 2. The fourth-order valence-electron chi connectivity index (χ4n) is 3.27. The van der Waals surface area contributed by atoms with E-state index in [9.17, 15) is 14.4 Å². The molecule has 2 aromatic rings. The lowest BCUT2D eigenvalue weighted by Crippen LogP contribution is -2.53. The zero-order chi connectivity index (χ0) is 25.5. The van der Waals surface area contributed by atoms with Crippen LogP contribution < -0.4 is 19.5 Å². The highest BCUT2D eigenvalue weighted by Crippen LogP contribution is 2.36. The van der Waals surface area contributed by atoms with Crippen molar-refractivity contribution in [3.63, 3.8) is 0 Å². The van der Waals surface area contributed by atoms with Crippen LogP contribution in [-0.2, 0) is 16.1 Å². The number of urea groups is 1. The summed E-state index contributed by atoms with van der Waals surface area (Å²) >= 11 is 6.87. The van der Waals surface area contributed by atoms with Gasteiger partial charge in [-0.15, -0.1) is 0 Å². The summed E-state index contributed by atoms with van der Waals surface area (Å²) in [5.41, 5.74) is 1.02. The van der Waals surface area contributed by atoms with Gasteiger partial charge in [0.25, 0.3) is 11.8 Å². The summed E-state index contributed by atoms with van der Waals surface area (Å²) in [5.74, 6) is 0.143. The van der Waals surface area contributed by atoms with E-state index in [1.165, 1.54) is 13.2 Å². The molecular weight excluding hydrogens is 584 g/mol. The molecule has 8 nitrogen and oxygen atoms in total. The van der Waals surface area contributed by atoms with Crippen molar-refractivity contribution in [2.24, 2.45) is 0 Å². The van der Waals surface area contributed by atoms with Crippen LogP contribution in [0, 0.1) is 0 Å². The Hall–Kier alpha value is -3.11. The van der Waals surface area contributed by atoms with E-state index in [0.29, 0.717) is 50.5 Å². The molecule has 0 spiro atoms. The third kappa shape index (κ3) is 6.32. The molecule has 0 radical (unpaired) electrons. The zero-order valence-electron chi connectivity index (χ0n) is 19.2. The normalized spacial score (nSPS) is 14.7. The first kappa shape index (κ1) is 26.5. The lowest BCUT2D eigenvalue weighted by Gasteiger charge is -2.26. The Morgan fingerprint density at radius 1 is 1.06 bits per heavy atom. The van der Waals surface area contributed by atoms with Crippen LogP contribution >= 0.6 is 31.9 Å². The van der Waals surface area contributed by atoms with Crippen molar-refractivity contribution in [1.29, 1.82) is 0 Å². The lowest BCUT2D eigenvalue weighted by atomic mass is 10.1.